The van der Waals surface area contributed by atoms with Gasteiger partial charge in [0, 0.05) is 25.6 Å². The summed E-state index contributed by atoms with van der Waals surface area (Å²) in [6.45, 7) is 2.86. The van der Waals surface area contributed by atoms with Crippen LogP contribution in [0, 0.1) is 5.92 Å². The fourth-order valence-corrected chi connectivity index (χ4v) is 2.50. The number of nitrogens with one attached hydrogen (secondary N) is 1. The van der Waals surface area contributed by atoms with Crippen LogP contribution in [-0.2, 0) is 9.59 Å². The highest BCUT2D eigenvalue weighted by Gasteiger charge is 2.31. The van der Waals surface area contributed by atoms with Crippen LogP contribution in [0.3, 0.4) is 0 Å². The number of carboxylic acid groups (broad SMARTS) is 1. The number of rotatable bonds is 7. The monoisotopic (exact) mass is 299 g/mol. The van der Waals surface area contributed by atoms with Crippen LogP contribution in [0.25, 0.3) is 0 Å². The first-order valence-electron chi connectivity index (χ1n) is 7.47. The molecule has 1 fully saturated rings. The molecule has 0 aromatic carbocycles. The third-order valence-electron chi connectivity index (χ3n) is 3.89. The first-order valence-corrected chi connectivity index (χ1v) is 7.47. The maximum absolute atomic E-state index is 12.1. The van der Waals surface area contributed by atoms with Gasteiger partial charge in [-0.15, -0.1) is 0 Å². The molecule has 0 aromatic rings. The van der Waals surface area contributed by atoms with E-state index in [1.54, 1.807) is 4.90 Å². The van der Waals surface area contributed by atoms with E-state index in [9.17, 15) is 14.4 Å². The van der Waals surface area contributed by atoms with Crippen LogP contribution < -0.4 is 11.1 Å². The van der Waals surface area contributed by atoms with E-state index >= 15 is 0 Å². The van der Waals surface area contributed by atoms with E-state index in [-0.39, 0.29) is 30.3 Å². The number of piperidine rings is 1. The molecule has 2 atom stereocenters. The largest absolute Gasteiger partial charge is 0.481 e. The summed E-state index contributed by atoms with van der Waals surface area (Å²) in [5.41, 5.74) is 5.31. The van der Waals surface area contributed by atoms with Crippen LogP contribution in [-0.4, -0.2) is 47.0 Å². The van der Waals surface area contributed by atoms with Gasteiger partial charge in [-0.2, -0.15) is 0 Å². The summed E-state index contributed by atoms with van der Waals surface area (Å²) in [5, 5.41) is 11.3. The minimum absolute atomic E-state index is 0.104. The number of hydrogen-bond acceptors (Lipinski definition) is 3. The summed E-state index contributed by atoms with van der Waals surface area (Å²) in [6.07, 6.45) is 3.81. The molecule has 0 saturated carbocycles. The van der Waals surface area contributed by atoms with Gasteiger partial charge in [0.2, 0.25) is 5.91 Å². The van der Waals surface area contributed by atoms with Crippen molar-refractivity contribution in [3.05, 3.63) is 0 Å². The third-order valence-corrected chi connectivity index (χ3v) is 3.89. The van der Waals surface area contributed by atoms with E-state index in [2.05, 4.69) is 5.32 Å². The Hall–Kier alpha value is -1.79. The quantitative estimate of drug-likeness (QED) is 0.607. The van der Waals surface area contributed by atoms with Gasteiger partial charge in [-0.1, -0.05) is 6.42 Å². The Morgan fingerprint density at radius 3 is 2.57 bits per heavy atom. The topological polar surface area (TPSA) is 113 Å². The minimum atomic E-state index is -0.793. The number of carbonyl (C=O) groups excluding carboxylic acids is 2. The van der Waals surface area contributed by atoms with Gasteiger partial charge >= 0.3 is 12.0 Å². The molecule has 1 rings (SSSR count). The van der Waals surface area contributed by atoms with Crippen LogP contribution in [0.2, 0.25) is 0 Å². The van der Waals surface area contributed by atoms with E-state index in [1.807, 2.05) is 6.92 Å². The number of primary amides is 1. The first-order chi connectivity index (χ1) is 9.91. The summed E-state index contributed by atoms with van der Waals surface area (Å²) in [6, 6.07) is -0.0701. The Labute approximate surface area is 124 Å². The van der Waals surface area contributed by atoms with Gasteiger partial charge in [-0.3, -0.25) is 9.59 Å². The Morgan fingerprint density at radius 1 is 1.24 bits per heavy atom. The van der Waals surface area contributed by atoms with Crippen LogP contribution >= 0.6 is 0 Å². The molecule has 0 spiro atoms. The van der Waals surface area contributed by atoms with Gasteiger partial charge in [0.15, 0.2) is 0 Å². The zero-order chi connectivity index (χ0) is 15.8. The zero-order valence-electron chi connectivity index (χ0n) is 12.5. The summed E-state index contributed by atoms with van der Waals surface area (Å²) in [7, 11) is 0. The van der Waals surface area contributed by atoms with Crippen LogP contribution in [0.5, 0.6) is 0 Å². The highest BCUT2D eigenvalue weighted by Crippen LogP contribution is 2.21. The van der Waals surface area contributed by atoms with Gasteiger partial charge in [-0.25, -0.2) is 4.79 Å². The highest BCUT2D eigenvalue weighted by atomic mass is 16.4. The molecule has 1 aliphatic rings. The smallest absolute Gasteiger partial charge is 0.317 e. The number of unbranched alkanes of at least 4 members (excludes halogenated alkanes) is 2. The summed E-state index contributed by atoms with van der Waals surface area (Å²) in [4.78, 5) is 35.3. The van der Waals surface area contributed by atoms with E-state index in [1.165, 1.54) is 0 Å². The lowest BCUT2D eigenvalue weighted by atomic mass is 9.93. The lowest BCUT2D eigenvalue weighted by molar-refractivity contribution is -0.137. The number of nitrogens with zero attached hydrogens (tertiary/aromatic N) is 1. The number of likely N-dealkylation sites (tertiary alicyclic amines) is 1. The molecular formula is C14H25N3O4. The average Bonchev–Trinajstić information content (AvgIpc) is 2.42. The lowest BCUT2D eigenvalue weighted by Gasteiger charge is -2.36. The van der Waals surface area contributed by atoms with Crippen molar-refractivity contribution >= 4 is 17.9 Å². The van der Waals surface area contributed by atoms with Gasteiger partial charge < -0.3 is 21.1 Å². The SMILES string of the molecule is CC1CCC(C(N)=O)CN1C(=O)NCCCCCC(=O)O. The Kier molecular flexibility index (Phi) is 6.98. The number of aliphatic carboxylic acids is 1. The van der Waals surface area contributed by atoms with E-state index in [0.29, 0.717) is 19.5 Å². The van der Waals surface area contributed by atoms with Crippen molar-refractivity contribution in [1.29, 1.82) is 0 Å². The molecule has 3 amide bonds. The predicted molar refractivity (Wildman–Crippen MR) is 77.6 cm³/mol. The van der Waals surface area contributed by atoms with Gasteiger partial charge in [-0.05, 0) is 32.6 Å². The number of nitrogens with two attached hydrogens (primary N) is 1. The Bertz CT molecular complexity index is 386. The number of urea groups is 1. The number of carboxylic acids is 1. The van der Waals surface area contributed by atoms with Crippen molar-refractivity contribution in [3.63, 3.8) is 0 Å². The number of amides is 3. The fourth-order valence-electron chi connectivity index (χ4n) is 2.50. The molecule has 0 aliphatic carbocycles. The second-order valence-electron chi connectivity index (χ2n) is 5.61. The molecule has 1 aliphatic heterocycles. The fraction of sp³-hybridized carbons (Fsp3) is 0.786. The van der Waals surface area contributed by atoms with Crippen molar-refractivity contribution in [2.75, 3.05) is 13.1 Å². The Morgan fingerprint density at radius 2 is 1.95 bits per heavy atom. The molecule has 7 heteroatoms. The normalized spacial score (nSPS) is 21.9. The van der Waals surface area contributed by atoms with Crippen LogP contribution in [0.15, 0.2) is 0 Å². The summed E-state index contributed by atoms with van der Waals surface area (Å²) in [5.74, 6) is -1.41. The van der Waals surface area contributed by atoms with Crippen molar-refractivity contribution < 1.29 is 19.5 Å². The zero-order valence-corrected chi connectivity index (χ0v) is 12.5. The average molecular weight is 299 g/mol. The maximum atomic E-state index is 12.1. The standard InChI is InChI=1S/C14H25N3O4/c1-10-6-7-11(13(15)20)9-17(10)14(21)16-8-4-2-3-5-12(18)19/h10-11H,2-9H2,1H3,(H2,15,20)(H,16,21)(H,18,19). The molecule has 1 saturated heterocycles. The second kappa shape index (κ2) is 8.49. The maximum Gasteiger partial charge on any atom is 0.317 e. The molecule has 4 N–H and O–H groups in total. The van der Waals surface area contributed by atoms with E-state index in [4.69, 9.17) is 10.8 Å². The molecule has 0 radical (unpaired) electrons. The van der Waals surface area contributed by atoms with Gasteiger partial charge in [0.05, 0.1) is 5.92 Å². The van der Waals surface area contributed by atoms with Gasteiger partial charge in [0.25, 0.3) is 0 Å². The molecule has 1 heterocycles. The molecular weight excluding hydrogens is 274 g/mol. The highest BCUT2D eigenvalue weighted by molar-refractivity contribution is 5.79. The molecule has 0 aromatic heterocycles. The summed E-state index contributed by atoms with van der Waals surface area (Å²) < 4.78 is 0. The second-order valence-corrected chi connectivity index (χ2v) is 5.61. The van der Waals surface area contributed by atoms with Crippen LogP contribution in [0.4, 0.5) is 4.79 Å². The van der Waals surface area contributed by atoms with Crippen molar-refractivity contribution in [3.8, 4) is 0 Å². The minimum Gasteiger partial charge on any atom is -0.481 e. The third kappa shape index (κ3) is 6.01. The summed E-state index contributed by atoms with van der Waals surface area (Å²) >= 11 is 0. The first kappa shape index (κ1) is 17.3. The predicted octanol–water partition coefficient (Wildman–Crippen LogP) is 0.927. The molecule has 7 nitrogen and oxygen atoms in total. The van der Waals surface area contributed by atoms with Gasteiger partial charge in [0.1, 0.15) is 0 Å². The Balaban J connectivity index is 2.26. The van der Waals surface area contributed by atoms with E-state index < -0.39 is 5.97 Å². The lowest BCUT2D eigenvalue weighted by Crippen LogP contribution is -2.52. The van der Waals surface area contributed by atoms with Crippen molar-refractivity contribution in [2.45, 2.75) is 51.5 Å². The van der Waals surface area contributed by atoms with Crippen LogP contribution in [0.1, 0.15) is 45.4 Å². The van der Waals surface area contributed by atoms with Crippen molar-refractivity contribution in [2.24, 2.45) is 11.7 Å². The number of hydrogen-bond donors (Lipinski definition) is 3. The van der Waals surface area contributed by atoms with E-state index in [0.717, 1.165) is 25.7 Å². The van der Waals surface area contributed by atoms with Crippen molar-refractivity contribution in [1.82, 2.24) is 10.2 Å². The number of carbonyl (C=O) groups is 3. The molecule has 2 unspecified atom stereocenters. The molecule has 0 bridgehead atoms. The molecule has 21 heavy (non-hydrogen) atoms. The molecule has 120 valence electrons.